The molecule has 1 aromatic rings. The number of halogens is 2. The van der Waals surface area contributed by atoms with Crippen LogP contribution in [0.2, 0.25) is 0 Å². The molecular weight excluding hydrogens is 310 g/mol. The molecule has 1 rings (SSSR count). The van der Waals surface area contributed by atoms with Crippen LogP contribution in [0.25, 0.3) is 0 Å². The Bertz CT molecular complexity index is 312. The highest BCUT2D eigenvalue weighted by atomic mass is 127. The summed E-state index contributed by atoms with van der Waals surface area (Å²) in [6.45, 7) is 0. The van der Waals surface area contributed by atoms with Gasteiger partial charge in [0.15, 0.2) is 0 Å². The number of Topliss-reactive ketones (excluding diaryl/α,β-unsaturated/α-hetero) is 1. The van der Waals surface area contributed by atoms with Crippen molar-refractivity contribution in [3.8, 4) is 0 Å². The van der Waals surface area contributed by atoms with Crippen LogP contribution in [0.3, 0.4) is 0 Å². The Morgan fingerprint density at radius 3 is 2.86 bits per heavy atom. The number of alkyl halides is 1. The summed E-state index contributed by atoms with van der Waals surface area (Å²) in [6.07, 6.45) is 1.91. The molecule has 1 nitrogen and oxygen atoms in total. The molecule has 0 spiro atoms. The molecule has 0 atom stereocenters. The molecule has 0 saturated heterocycles. The van der Waals surface area contributed by atoms with Gasteiger partial charge < -0.3 is 0 Å². The maximum Gasteiger partial charge on any atom is 0.137 e. The molecule has 14 heavy (non-hydrogen) atoms. The van der Waals surface area contributed by atoms with E-state index in [0.717, 1.165) is 12.0 Å². The molecule has 0 aromatic heterocycles. The van der Waals surface area contributed by atoms with E-state index in [0.29, 0.717) is 18.7 Å². The summed E-state index contributed by atoms with van der Waals surface area (Å²) in [5.74, 6) is 0.838. The third-order valence-electron chi connectivity index (χ3n) is 1.88. The molecule has 0 unspecified atom stereocenters. The predicted octanol–water partition coefficient (Wildman–Crippen LogP) is 3.42. The van der Waals surface area contributed by atoms with Gasteiger partial charge in [-0.25, -0.2) is 0 Å². The van der Waals surface area contributed by atoms with Gasteiger partial charge in [0.1, 0.15) is 5.78 Å². The summed E-state index contributed by atoms with van der Waals surface area (Å²) in [7, 11) is 0. The molecule has 0 aliphatic carbocycles. The van der Waals surface area contributed by atoms with Gasteiger partial charge in [0, 0.05) is 22.3 Å². The lowest BCUT2D eigenvalue weighted by atomic mass is 10.1. The average Bonchev–Trinajstić information content (AvgIpc) is 2.15. The van der Waals surface area contributed by atoms with E-state index in [1.54, 1.807) is 0 Å². The molecule has 0 aliphatic rings. The lowest BCUT2D eigenvalue weighted by Crippen LogP contribution is -2.02. The fraction of sp³-hybridized carbons (Fsp3) is 0.364. The number of ketones is 1. The van der Waals surface area contributed by atoms with Crippen LogP contribution in [0.5, 0.6) is 0 Å². The van der Waals surface area contributed by atoms with Crippen LogP contribution in [0, 0.1) is 3.57 Å². The Balaban J connectivity index is 2.47. The number of carbonyl (C=O) groups is 1. The number of hydrogen-bond acceptors (Lipinski definition) is 1. The van der Waals surface area contributed by atoms with E-state index in [9.17, 15) is 4.79 Å². The van der Waals surface area contributed by atoms with E-state index in [1.807, 2.05) is 24.3 Å². The topological polar surface area (TPSA) is 17.1 Å². The van der Waals surface area contributed by atoms with Crippen molar-refractivity contribution >= 4 is 40.0 Å². The number of carbonyl (C=O) groups excluding carboxylic acids is 1. The molecule has 0 heterocycles. The second kappa shape index (κ2) is 6.40. The van der Waals surface area contributed by atoms with Crippen LogP contribution in [-0.4, -0.2) is 11.7 Å². The SMILES string of the molecule is O=C(CCCCl)Cc1cccc(I)c1. The first-order valence-corrected chi connectivity index (χ1v) is 6.16. The van der Waals surface area contributed by atoms with Crippen molar-refractivity contribution in [2.75, 3.05) is 5.88 Å². The normalized spacial score (nSPS) is 10.1. The number of hydrogen-bond donors (Lipinski definition) is 0. The highest BCUT2D eigenvalue weighted by Crippen LogP contribution is 2.09. The third kappa shape index (κ3) is 4.42. The molecule has 0 aliphatic heterocycles. The monoisotopic (exact) mass is 322 g/mol. The molecule has 0 radical (unpaired) electrons. The minimum Gasteiger partial charge on any atom is -0.299 e. The summed E-state index contributed by atoms with van der Waals surface area (Å²) in [6, 6.07) is 8.03. The largest absolute Gasteiger partial charge is 0.299 e. The van der Waals surface area contributed by atoms with Crippen LogP contribution in [0.1, 0.15) is 18.4 Å². The van der Waals surface area contributed by atoms with E-state index in [4.69, 9.17) is 11.6 Å². The highest BCUT2D eigenvalue weighted by Gasteiger charge is 2.03. The van der Waals surface area contributed by atoms with Gasteiger partial charge >= 0.3 is 0 Å². The van der Waals surface area contributed by atoms with Crippen molar-refractivity contribution in [3.05, 3.63) is 33.4 Å². The quantitative estimate of drug-likeness (QED) is 0.600. The molecule has 0 fully saturated rings. The van der Waals surface area contributed by atoms with Crippen molar-refractivity contribution in [1.29, 1.82) is 0 Å². The number of rotatable bonds is 5. The second-order valence-electron chi connectivity index (χ2n) is 3.14. The van der Waals surface area contributed by atoms with Crippen molar-refractivity contribution in [2.24, 2.45) is 0 Å². The van der Waals surface area contributed by atoms with Crippen molar-refractivity contribution in [1.82, 2.24) is 0 Å². The molecule has 0 N–H and O–H groups in total. The minimum atomic E-state index is 0.271. The Morgan fingerprint density at radius 2 is 2.21 bits per heavy atom. The maximum atomic E-state index is 11.4. The van der Waals surface area contributed by atoms with Gasteiger partial charge in [-0.15, -0.1) is 11.6 Å². The summed E-state index contributed by atoms with van der Waals surface area (Å²) in [4.78, 5) is 11.4. The molecule has 76 valence electrons. The second-order valence-corrected chi connectivity index (χ2v) is 4.76. The Kier molecular flexibility index (Phi) is 5.48. The van der Waals surface area contributed by atoms with Gasteiger partial charge in [-0.1, -0.05) is 12.1 Å². The maximum absolute atomic E-state index is 11.4. The Labute approximate surface area is 103 Å². The van der Waals surface area contributed by atoms with E-state index in [2.05, 4.69) is 22.6 Å². The standard InChI is InChI=1S/C11H12ClIO/c12-6-2-5-11(14)8-9-3-1-4-10(13)7-9/h1,3-4,7H,2,5-6,8H2. The van der Waals surface area contributed by atoms with E-state index in [1.165, 1.54) is 3.57 Å². The fourth-order valence-corrected chi connectivity index (χ4v) is 1.97. The van der Waals surface area contributed by atoms with Crippen molar-refractivity contribution < 1.29 is 4.79 Å². The average molecular weight is 323 g/mol. The van der Waals surface area contributed by atoms with Gasteiger partial charge in [-0.05, 0) is 46.7 Å². The molecule has 0 amide bonds. The highest BCUT2D eigenvalue weighted by molar-refractivity contribution is 14.1. The Hall–Kier alpha value is -0.0900. The number of benzene rings is 1. The van der Waals surface area contributed by atoms with Crippen molar-refractivity contribution in [3.63, 3.8) is 0 Å². The summed E-state index contributed by atoms with van der Waals surface area (Å²) in [5.41, 5.74) is 1.09. The summed E-state index contributed by atoms with van der Waals surface area (Å²) in [5, 5.41) is 0. The third-order valence-corrected chi connectivity index (χ3v) is 2.82. The Morgan fingerprint density at radius 1 is 1.43 bits per heavy atom. The van der Waals surface area contributed by atoms with E-state index < -0.39 is 0 Å². The summed E-state index contributed by atoms with van der Waals surface area (Å²) >= 11 is 7.77. The lowest BCUT2D eigenvalue weighted by molar-refractivity contribution is -0.118. The fourth-order valence-electron chi connectivity index (χ4n) is 1.23. The first-order valence-electron chi connectivity index (χ1n) is 4.54. The zero-order valence-electron chi connectivity index (χ0n) is 7.80. The van der Waals surface area contributed by atoms with Gasteiger partial charge in [-0.2, -0.15) is 0 Å². The zero-order valence-corrected chi connectivity index (χ0v) is 10.7. The molecule has 1 aromatic carbocycles. The molecule has 0 saturated carbocycles. The molecular formula is C11H12ClIO. The van der Waals surface area contributed by atoms with Crippen LogP contribution in [0.15, 0.2) is 24.3 Å². The van der Waals surface area contributed by atoms with Crippen LogP contribution in [0.4, 0.5) is 0 Å². The van der Waals surface area contributed by atoms with E-state index >= 15 is 0 Å². The van der Waals surface area contributed by atoms with Crippen LogP contribution in [-0.2, 0) is 11.2 Å². The van der Waals surface area contributed by atoms with Gasteiger partial charge in [0.25, 0.3) is 0 Å². The molecule has 3 heteroatoms. The van der Waals surface area contributed by atoms with Gasteiger partial charge in [-0.3, -0.25) is 4.79 Å². The van der Waals surface area contributed by atoms with Gasteiger partial charge in [0.05, 0.1) is 0 Å². The predicted molar refractivity (Wildman–Crippen MR) is 67.8 cm³/mol. The summed E-state index contributed by atoms with van der Waals surface area (Å²) < 4.78 is 1.17. The van der Waals surface area contributed by atoms with Crippen LogP contribution < -0.4 is 0 Å². The zero-order chi connectivity index (χ0) is 10.4. The lowest BCUT2D eigenvalue weighted by Gasteiger charge is -2.00. The van der Waals surface area contributed by atoms with Crippen LogP contribution >= 0.6 is 34.2 Å². The molecule has 0 bridgehead atoms. The first kappa shape index (κ1) is 12.0. The van der Waals surface area contributed by atoms with Crippen molar-refractivity contribution in [2.45, 2.75) is 19.3 Å². The smallest absolute Gasteiger partial charge is 0.137 e. The van der Waals surface area contributed by atoms with Gasteiger partial charge in [0.2, 0.25) is 0 Å². The minimum absolute atomic E-state index is 0.271. The first-order chi connectivity index (χ1) is 6.72. The van der Waals surface area contributed by atoms with E-state index in [-0.39, 0.29) is 5.78 Å².